The Morgan fingerprint density at radius 1 is 0.923 bits per heavy atom. The lowest BCUT2D eigenvalue weighted by Crippen LogP contribution is -2.40. The molecule has 0 aliphatic rings. The second-order valence-electron chi connectivity index (χ2n) is 7.90. The van der Waals surface area contributed by atoms with Gasteiger partial charge in [0, 0.05) is 25.0 Å². The third kappa shape index (κ3) is 18.2. The van der Waals surface area contributed by atoms with Gasteiger partial charge in [-0.25, -0.2) is 0 Å². The van der Waals surface area contributed by atoms with E-state index in [9.17, 15) is 4.79 Å². The van der Waals surface area contributed by atoms with E-state index in [0.717, 1.165) is 38.9 Å². The topological polar surface area (TPSA) is 76.4 Å². The lowest BCUT2D eigenvalue weighted by atomic mass is 9.98. The van der Waals surface area contributed by atoms with Gasteiger partial charge in [0.05, 0.1) is 6.61 Å². The first-order valence-electron chi connectivity index (χ1n) is 10.8. The number of hydrogen-bond acceptors (Lipinski definition) is 5. The summed E-state index contributed by atoms with van der Waals surface area (Å²) in [6.07, 6.45) is 12.2. The Morgan fingerprint density at radius 2 is 1.58 bits per heavy atom. The van der Waals surface area contributed by atoms with Crippen LogP contribution in [0.4, 0.5) is 0 Å². The highest BCUT2D eigenvalue weighted by Gasteiger charge is 2.18. The van der Waals surface area contributed by atoms with Crippen LogP contribution in [0.3, 0.4) is 0 Å². The van der Waals surface area contributed by atoms with Crippen LogP contribution in [0.2, 0.25) is 0 Å². The second kappa shape index (κ2) is 17.7. The maximum absolute atomic E-state index is 11.9. The summed E-state index contributed by atoms with van der Waals surface area (Å²) in [5.41, 5.74) is 5.42. The molecule has 0 amide bonds. The van der Waals surface area contributed by atoms with Crippen molar-refractivity contribution in [2.24, 2.45) is 5.73 Å². The van der Waals surface area contributed by atoms with Crippen molar-refractivity contribution in [1.29, 1.82) is 0 Å². The zero-order chi connectivity index (χ0) is 19.5. The SMILES string of the molecule is CCCCCCCCOC(=O)CCC(C)(C)NCCCCCNCCN. The Hall–Kier alpha value is -0.650. The summed E-state index contributed by atoms with van der Waals surface area (Å²) >= 11 is 0. The van der Waals surface area contributed by atoms with Crippen LogP contribution in [0.1, 0.15) is 91.4 Å². The molecular weight excluding hydrogens is 326 g/mol. The van der Waals surface area contributed by atoms with E-state index in [2.05, 4.69) is 31.4 Å². The molecule has 5 heteroatoms. The van der Waals surface area contributed by atoms with Gasteiger partial charge in [0.1, 0.15) is 0 Å². The van der Waals surface area contributed by atoms with Crippen LogP contribution in [0.25, 0.3) is 0 Å². The van der Waals surface area contributed by atoms with Crippen molar-refractivity contribution in [2.75, 3.05) is 32.8 Å². The first kappa shape index (κ1) is 25.4. The Labute approximate surface area is 162 Å². The molecule has 156 valence electrons. The minimum Gasteiger partial charge on any atom is -0.466 e. The van der Waals surface area contributed by atoms with Crippen molar-refractivity contribution in [3.63, 3.8) is 0 Å². The Morgan fingerprint density at radius 3 is 2.31 bits per heavy atom. The monoisotopic (exact) mass is 371 g/mol. The summed E-state index contributed by atoms with van der Waals surface area (Å²) in [5.74, 6) is -0.0561. The van der Waals surface area contributed by atoms with Gasteiger partial charge in [-0.2, -0.15) is 0 Å². The molecular formula is C21H45N3O2. The maximum Gasteiger partial charge on any atom is 0.305 e. The van der Waals surface area contributed by atoms with Gasteiger partial charge in [0.25, 0.3) is 0 Å². The molecule has 4 N–H and O–H groups in total. The van der Waals surface area contributed by atoms with E-state index in [1.807, 2.05) is 0 Å². The predicted molar refractivity (Wildman–Crippen MR) is 111 cm³/mol. The van der Waals surface area contributed by atoms with Crippen LogP contribution in [-0.2, 0) is 9.53 Å². The van der Waals surface area contributed by atoms with Crippen LogP contribution in [0, 0.1) is 0 Å². The molecule has 0 aromatic rings. The van der Waals surface area contributed by atoms with Crippen molar-refractivity contribution in [1.82, 2.24) is 10.6 Å². The Kier molecular flexibility index (Phi) is 17.3. The summed E-state index contributed by atoms with van der Waals surface area (Å²) < 4.78 is 5.35. The molecule has 0 aromatic heterocycles. The van der Waals surface area contributed by atoms with E-state index >= 15 is 0 Å². The van der Waals surface area contributed by atoms with Gasteiger partial charge in [-0.3, -0.25) is 4.79 Å². The molecule has 0 aliphatic heterocycles. The standard InChI is InChI=1S/C21H45N3O2/c1-4-5-6-7-8-12-19-26-20(25)13-14-21(2,3)24-17-11-9-10-16-23-18-15-22/h23-24H,4-19,22H2,1-3H3. The molecule has 0 spiro atoms. The van der Waals surface area contributed by atoms with Crippen LogP contribution < -0.4 is 16.4 Å². The van der Waals surface area contributed by atoms with Crippen LogP contribution in [0.15, 0.2) is 0 Å². The minimum absolute atomic E-state index is 0.0169. The highest BCUT2D eigenvalue weighted by atomic mass is 16.5. The van der Waals surface area contributed by atoms with Crippen molar-refractivity contribution in [3.8, 4) is 0 Å². The maximum atomic E-state index is 11.9. The van der Waals surface area contributed by atoms with Gasteiger partial charge in [0.2, 0.25) is 0 Å². The van der Waals surface area contributed by atoms with Crippen molar-refractivity contribution in [2.45, 2.75) is 96.9 Å². The number of hydrogen-bond donors (Lipinski definition) is 3. The number of esters is 1. The average Bonchev–Trinajstić information content (AvgIpc) is 2.61. The fraction of sp³-hybridized carbons (Fsp3) is 0.952. The minimum atomic E-state index is -0.0561. The summed E-state index contributed by atoms with van der Waals surface area (Å²) in [7, 11) is 0. The fourth-order valence-electron chi connectivity index (χ4n) is 2.85. The molecule has 0 heterocycles. The number of rotatable bonds is 19. The van der Waals surface area contributed by atoms with E-state index in [4.69, 9.17) is 10.5 Å². The summed E-state index contributed by atoms with van der Waals surface area (Å²) in [6.45, 7) is 10.8. The molecule has 0 rings (SSSR count). The van der Waals surface area contributed by atoms with Gasteiger partial charge in [0.15, 0.2) is 0 Å². The second-order valence-corrected chi connectivity index (χ2v) is 7.90. The Bertz CT molecular complexity index is 322. The lowest BCUT2D eigenvalue weighted by Gasteiger charge is -2.26. The number of unbranched alkanes of at least 4 members (excludes halogenated alkanes) is 7. The zero-order valence-electron chi connectivity index (χ0n) is 17.7. The normalized spacial score (nSPS) is 11.7. The molecule has 0 aliphatic carbocycles. The molecule has 0 radical (unpaired) electrons. The van der Waals surface area contributed by atoms with Gasteiger partial charge < -0.3 is 21.1 Å². The first-order chi connectivity index (χ1) is 12.5. The van der Waals surface area contributed by atoms with Gasteiger partial charge in [-0.1, -0.05) is 45.4 Å². The lowest BCUT2D eigenvalue weighted by molar-refractivity contribution is -0.144. The third-order valence-electron chi connectivity index (χ3n) is 4.67. The number of nitrogens with two attached hydrogens (primary N) is 1. The van der Waals surface area contributed by atoms with Crippen molar-refractivity contribution < 1.29 is 9.53 Å². The summed E-state index contributed by atoms with van der Waals surface area (Å²) in [6, 6.07) is 0. The highest BCUT2D eigenvalue weighted by molar-refractivity contribution is 5.69. The summed E-state index contributed by atoms with van der Waals surface area (Å²) in [4.78, 5) is 11.9. The molecule has 0 saturated carbocycles. The van der Waals surface area contributed by atoms with Crippen LogP contribution in [-0.4, -0.2) is 44.3 Å². The van der Waals surface area contributed by atoms with E-state index < -0.39 is 0 Å². The number of nitrogens with one attached hydrogen (secondary N) is 2. The zero-order valence-corrected chi connectivity index (χ0v) is 17.7. The van der Waals surface area contributed by atoms with E-state index in [-0.39, 0.29) is 11.5 Å². The molecule has 0 aromatic carbocycles. The number of carbonyl (C=O) groups excluding carboxylic acids is 1. The van der Waals surface area contributed by atoms with Crippen LogP contribution >= 0.6 is 0 Å². The van der Waals surface area contributed by atoms with Gasteiger partial charge in [-0.15, -0.1) is 0 Å². The third-order valence-corrected chi connectivity index (χ3v) is 4.67. The van der Waals surface area contributed by atoms with Crippen LogP contribution in [0.5, 0.6) is 0 Å². The van der Waals surface area contributed by atoms with Gasteiger partial charge in [-0.05, 0) is 52.6 Å². The molecule has 0 saturated heterocycles. The largest absolute Gasteiger partial charge is 0.466 e. The quantitative estimate of drug-likeness (QED) is 0.238. The molecule has 0 unspecified atom stereocenters. The van der Waals surface area contributed by atoms with E-state index in [0.29, 0.717) is 19.6 Å². The first-order valence-corrected chi connectivity index (χ1v) is 10.8. The van der Waals surface area contributed by atoms with Gasteiger partial charge >= 0.3 is 5.97 Å². The molecule has 0 fully saturated rings. The van der Waals surface area contributed by atoms with Crippen molar-refractivity contribution >= 4 is 5.97 Å². The average molecular weight is 372 g/mol. The van der Waals surface area contributed by atoms with E-state index in [1.165, 1.54) is 44.9 Å². The molecule has 5 nitrogen and oxygen atoms in total. The number of carbonyl (C=O) groups is 1. The fourth-order valence-corrected chi connectivity index (χ4v) is 2.85. The van der Waals surface area contributed by atoms with Crippen molar-refractivity contribution in [3.05, 3.63) is 0 Å². The molecule has 26 heavy (non-hydrogen) atoms. The Balaban J connectivity index is 3.52. The highest BCUT2D eigenvalue weighted by Crippen LogP contribution is 2.12. The predicted octanol–water partition coefficient (Wildman–Crippen LogP) is 3.76. The molecule has 0 bridgehead atoms. The van der Waals surface area contributed by atoms with E-state index in [1.54, 1.807) is 0 Å². The summed E-state index contributed by atoms with van der Waals surface area (Å²) in [5, 5.41) is 6.88. The smallest absolute Gasteiger partial charge is 0.305 e. The number of ether oxygens (including phenoxy) is 1. The molecule has 0 atom stereocenters.